The summed E-state index contributed by atoms with van der Waals surface area (Å²) >= 11 is 6.25. The number of carbonyl (C=O) groups excluding carboxylic acids is 2. The number of hydrogen-bond donors (Lipinski definition) is 2. The molecule has 0 saturated heterocycles. The summed E-state index contributed by atoms with van der Waals surface area (Å²) in [5.41, 5.74) is 2.54. The number of fused-ring (bicyclic) bond motifs is 1. The molecular weight excluding hydrogens is 542 g/mol. The van der Waals surface area contributed by atoms with Crippen molar-refractivity contribution in [2.45, 2.75) is 96.6 Å². The summed E-state index contributed by atoms with van der Waals surface area (Å²) in [5, 5.41) is 7.02. The van der Waals surface area contributed by atoms with E-state index in [0.29, 0.717) is 42.1 Å². The number of nitrogens with one attached hydrogen (secondary N) is 2. The highest BCUT2D eigenvalue weighted by atomic mass is 35.5. The zero-order valence-electron chi connectivity index (χ0n) is 25.1. The molecule has 0 aromatic heterocycles. The van der Waals surface area contributed by atoms with Gasteiger partial charge in [-0.05, 0) is 101 Å². The average molecular weight is 586 g/mol. The van der Waals surface area contributed by atoms with Gasteiger partial charge in [-0.3, -0.25) is 4.79 Å². The summed E-state index contributed by atoms with van der Waals surface area (Å²) in [4.78, 5) is 27.8. The van der Waals surface area contributed by atoms with E-state index in [0.717, 1.165) is 42.4 Å². The minimum atomic E-state index is -0.513. The molecule has 41 heavy (non-hydrogen) atoms. The maximum absolute atomic E-state index is 13.8. The molecule has 224 valence electrons. The van der Waals surface area contributed by atoms with Gasteiger partial charge >= 0.3 is 6.09 Å². The molecule has 2 aromatic carbocycles. The molecule has 1 saturated carbocycles. The first-order valence-electron chi connectivity index (χ1n) is 14.6. The third-order valence-corrected chi connectivity index (χ3v) is 7.74. The second kappa shape index (κ2) is 13.3. The Balaban J connectivity index is 1.49. The zero-order valence-corrected chi connectivity index (χ0v) is 25.8. The van der Waals surface area contributed by atoms with Crippen LogP contribution in [0.1, 0.15) is 83.0 Å². The number of amides is 2. The highest BCUT2D eigenvalue weighted by Gasteiger charge is 2.40. The van der Waals surface area contributed by atoms with Gasteiger partial charge in [0.15, 0.2) is 11.5 Å². The summed E-state index contributed by atoms with van der Waals surface area (Å²) in [6.45, 7) is 10.7. The van der Waals surface area contributed by atoms with Crippen molar-refractivity contribution < 1.29 is 23.8 Å². The van der Waals surface area contributed by atoms with Crippen molar-refractivity contribution in [3.05, 3.63) is 58.1 Å². The molecule has 1 atom stereocenters. The second-order valence-corrected chi connectivity index (χ2v) is 12.6. The van der Waals surface area contributed by atoms with E-state index in [1.54, 1.807) is 7.11 Å². The Morgan fingerprint density at radius 3 is 2.34 bits per heavy atom. The van der Waals surface area contributed by atoms with E-state index >= 15 is 0 Å². The van der Waals surface area contributed by atoms with E-state index in [4.69, 9.17) is 25.8 Å². The predicted molar refractivity (Wildman–Crippen MR) is 161 cm³/mol. The fourth-order valence-electron chi connectivity index (χ4n) is 5.79. The van der Waals surface area contributed by atoms with Gasteiger partial charge in [0.25, 0.3) is 0 Å². The van der Waals surface area contributed by atoms with Gasteiger partial charge in [-0.15, -0.1) is 0 Å². The first-order chi connectivity index (χ1) is 19.4. The molecule has 1 aliphatic carbocycles. The van der Waals surface area contributed by atoms with Crippen LogP contribution >= 0.6 is 11.6 Å². The van der Waals surface area contributed by atoms with E-state index in [2.05, 4.69) is 21.6 Å². The van der Waals surface area contributed by atoms with E-state index in [-0.39, 0.29) is 24.1 Å². The van der Waals surface area contributed by atoms with E-state index in [1.165, 1.54) is 0 Å². The Kier molecular flexibility index (Phi) is 10.1. The molecule has 1 unspecified atom stereocenters. The molecule has 2 N–H and O–H groups in total. The number of alkyl carbamates (subject to hydrolysis) is 1. The standard InChI is InChI=1S/C32H44ClN3O5/c1-20(2)40-28-19-26-22(17-27(28)39-6)18-29(37)36(30(26)21-7-9-23(33)10-8-21)25-13-11-24(12-14-25)34-15-16-35-31(38)41-32(3,4)5/h7-10,17,19-20,24-25,30,34H,11-16,18H2,1-6H3,(H,35,38). The largest absolute Gasteiger partial charge is 0.493 e. The Morgan fingerprint density at radius 1 is 1.05 bits per heavy atom. The normalized spacial score (nSPS) is 20.9. The number of benzene rings is 2. The maximum Gasteiger partial charge on any atom is 0.407 e. The molecule has 2 aromatic rings. The minimum absolute atomic E-state index is 0.0145. The van der Waals surface area contributed by atoms with Crippen molar-refractivity contribution in [3.8, 4) is 11.5 Å². The Bertz CT molecular complexity index is 1200. The average Bonchev–Trinajstić information content (AvgIpc) is 2.90. The third kappa shape index (κ3) is 8.07. The van der Waals surface area contributed by atoms with Crippen LogP contribution in [-0.4, -0.2) is 60.9 Å². The lowest BCUT2D eigenvalue weighted by Crippen LogP contribution is -2.50. The fraction of sp³-hybridized carbons (Fsp3) is 0.562. The third-order valence-electron chi connectivity index (χ3n) is 7.49. The molecule has 1 fully saturated rings. The van der Waals surface area contributed by atoms with Crippen LogP contribution in [-0.2, 0) is 16.0 Å². The number of methoxy groups -OCH3 is 1. The SMILES string of the molecule is COc1cc2c(cc1OC(C)C)C(c1ccc(Cl)cc1)N(C1CCC(NCCNC(=O)OC(C)(C)C)CC1)C(=O)C2. The summed E-state index contributed by atoms with van der Waals surface area (Å²) < 4.78 is 17.1. The molecule has 0 radical (unpaired) electrons. The molecule has 1 aliphatic heterocycles. The van der Waals surface area contributed by atoms with Crippen molar-refractivity contribution in [3.63, 3.8) is 0 Å². The molecule has 1 heterocycles. The summed E-state index contributed by atoms with van der Waals surface area (Å²) in [7, 11) is 1.63. The molecule has 4 rings (SSSR count). The molecule has 2 aliphatic rings. The van der Waals surface area contributed by atoms with Gasteiger partial charge in [0, 0.05) is 30.2 Å². The Hall–Kier alpha value is -2.97. The number of hydrogen-bond acceptors (Lipinski definition) is 6. The summed E-state index contributed by atoms with van der Waals surface area (Å²) in [6.07, 6.45) is 3.60. The van der Waals surface area contributed by atoms with Crippen LogP contribution in [0.4, 0.5) is 4.79 Å². The molecular formula is C32H44ClN3O5. The molecule has 8 nitrogen and oxygen atoms in total. The van der Waals surface area contributed by atoms with Crippen LogP contribution in [0, 0.1) is 0 Å². The molecule has 2 amide bonds. The number of nitrogens with zero attached hydrogens (tertiary/aromatic N) is 1. The maximum atomic E-state index is 13.8. The van der Waals surface area contributed by atoms with E-state index in [1.807, 2.05) is 65.0 Å². The van der Waals surface area contributed by atoms with Crippen LogP contribution in [0.25, 0.3) is 0 Å². The van der Waals surface area contributed by atoms with Crippen molar-refractivity contribution in [2.24, 2.45) is 0 Å². The van der Waals surface area contributed by atoms with Crippen LogP contribution in [0.15, 0.2) is 36.4 Å². The smallest absolute Gasteiger partial charge is 0.407 e. The quantitative estimate of drug-likeness (QED) is 0.349. The number of rotatable bonds is 9. The van der Waals surface area contributed by atoms with Gasteiger partial charge in [0.1, 0.15) is 5.60 Å². The lowest BCUT2D eigenvalue weighted by molar-refractivity contribution is -0.136. The number of halogens is 1. The minimum Gasteiger partial charge on any atom is -0.493 e. The Labute approximate surface area is 249 Å². The first-order valence-corrected chi connectivity index (χ1v) is 15.0. The highest BCUT2D eigenvalue weighted by Crippen LogP contribution is 2.44. The van der Waals surface area contributed by atoms with E-state index in [9.17, 15) is 9.59 Å². The van der Waals surface area contributed by atoms with Crippen molar-refractivity contribution >= 4 is 23.6 Å². The summed E-state index contributed by atoms with van der Waals surface area (Å²) in [5.74, 6) is 1.44. The lowest BCUT2D eigenvalue weighted by Gasteiger charge is -2.45. The first kappa shape index (κ1) is 31.0. The molecule has 0 bridgehead atoms. The van der Waals surface area contributed by atoms with Gasteiger partial charge in [0.2, 0.25) is 5.91 Å². The van der Waals surface area contributed by atoms with Crippen LogP contribution in [0.3, 0.4) is 0 Å². The van der Waals surface area contributed by atoms with Crippen molar-refractivity contribution in [1.82, 2.24) is 15.5 Å². The predicted octanol–water partition coefficient (Wildman–Crippen LogP) is 6.04. The van der Waals surface area contributed by atoms with Gasteiger partial charge in [-0.2, -0.15) is 0 Å². The molecule has 9 heteroatoms. The number of ether oxygens (including phenoxy) is 3. The highest BCUT2D eigenvalue weighted by molar-refractivity contribution is 6.30. The second-order valence-electron chi connectivity index (χ2n) is 12.2. The van der Waals surface area contributed by atoms with Crippen LogP contribution in [0.5, 0.6) is 11.5 Å². The van der Waals surface area contributed by atoms with Crippen LogP contribution < -0.4 is 20.1 Å². The fourth-order valence-corrected chi connectivity index (χ4v) is 5.92. The van der Waals surface area contributed by atoms with Crippen LogP contribution in [0.2, 0.25) is 5.02 Å². The monoisotopic (exact) mass is 585 g/mol. The van der Waals surface area contributed by atoms with E-state index < -0.39 is 11.7 Å². The van der Waals surface area contributed by atoms with Gasteiger partial charge in [-0.1, -0.05) is 23.7 Å². The molecule has 0 spiro atoms. The van der Waals surface area contributed by atoms with Crippen molar-refractivity contribution in [2.75, 3.05) is 20.2 Å². The van der Waals surface area contributed by atoms with Crippen molar-refractivity contribution in [1.29, 1.82) is 0 Å². The number of carbonyl (C=O) groups is 2. The van der Waals surface area contributed by atoms with Gasteiger partial charge in [0.05, 0.1) is 25.7 Å². The zero-order chi connectivity index (χ0) is 29.7. The van der Waals surface area contributed by atoms with Gasteiger partial charge in [-0.25, -0.2) is 4.79 Å². The Morgan fingerprint density at radius 2 is 1.73 bits per heavy atom. The topological polar surface area (TPSA) is 89.1 Å². The lowest BCUT2D eigenvalue weighted by atomic mass is 9.82. The summed E-state index contributed by atoms with van der Waals surface area (Å²) in [6, 6.07) is 12.0. The van der Waals surface area contributed by atoms with Gasteiger partial charge < -0.3 is 29.7 Å².